The molecule has 1 aromatic heterocycles. The maximum absolute atomic E-state index is 12.7. The fourth-order valence-corrected chi connectivity index (χ4v) is 4.80. The van der Waals surface area contributed by atoms with E-state index in [1.807, 2.05) is 42.2 Å². The number of methoxy groups -OCH3 is 1. The molecule has 0 saturated carbocycles. The van der Waals surface area contributed by atoms with Crippen LogP contribution in [0.15, 0.2) is 36.4 Å². The Balaban J connectivity index is 1.43. The number of rotatable bonds is 4. The van der Waals surface area contributed by atoms with Gasteiger partial charge in [-0.25, -0.2) is 4.98 Å². The Morgan fingerprint density at radius 2 is 2.00 bits per heavy atom. The summed E-state index contributed by atoms with van der Waals surface area (Å²) in [7, 11) is 1.64. The molecule has 2 aromatic carbocycles. The topological polar surface area (TPSA) is 45.7 Å². The third-order valence-electron chi connectivity index (χ3n) is 5.01. The normalized spacial score (nSPS) is 14.5. The van der Waals surface area contributed by atoms with Gasteiger partial charge in [0, 0.05) is 26.2 Å². The third kappa shape index (κ3) is 3.80. The van der Waals surface area contributed by atoms with Crippen LogP contribution in [0, 0.1) is 6.92 Å². The maximum Gasteiger partial charge on any atom is 0.227 e. The Morgan fingerprint density at radius 1 is 1.21 bits per heavy atom. The Kier molecular flexibility index (Phi) is 5.42. The van der Waals surface area contributed by atoms with Crippen molar-refractivity contribution in [1.29, 1.82) is 0 Å². The molecule has 0 atom stereocenters. The fraction of sp³-hybridized carbons (Fsp3) is 0.333. The second kappa shape index (κ2) is 7.97. The number of benzene rings is 2. The Bertz CT molecular complexity index is 1010. The van der Waals surface area contributed by atoms with Gasteiger partial charge in [0.05, 0.1) is 23.3 Å². The number of carbonyl (C=O) groups is 1. The van der Waals surface area contributed by atoms with Gasteiger partial charge in [-0.1, -0.05) is 52.8 Å². The van der Waals surface area contributed by atoms with Crippen LogP contribution in [-0.4, -0.2) is 49.1 Å². The summed E-state index contributed by atoms with van der Waals surface area (Å²) in [6.45, 7) is 4.97. The van der Waals surface area contributed by atoms with Crippen molar-refractivity contribution in [1.82, 2.24) is 9.88 Å². The van der Waals surface area contributed by atoms with Gasteiger partial charge in [0.15, 0.2) is 5.13 Å². The van der Waals surface area contributed by atoms with Crippen molar-refractivity contribution in [2.45, 2.75) is 13.3 Å². The summed E-state index contributed by atoms with van der Waals surface area (Å²) in [4.78, 5) is 21.6. The quantitative estimate of drug-likeness (QED) is 0.642. The van der Waals surface area contributed by atoms with Gasteiger partial charge in [-0.3, -0.25) is 4.79 Å². The van der Waals surface area contributed by atoms with Gasteiger partial charge in [-0.2, -0.15) is 0 Å². The van der Waals surface area contributed by atoms with E-state index in [1.165, 1.54) is 5.56 Å². The number of anilines is 1. The molecule has 1 aliphatic heterocycles. The lowest BCUT2D eigenvalue weighted by molar-refractivity contribution is -0.130. The van der Waals surface area contributed by atoms with Crippen LogP contribution in [0.1, 0.15) is 11.1 Å². The number of nitrogens with zero attached hydrogens (tertiary/aromatic N) is 3. The minimum Gasteiger partial charge on any atom is -0.494 e. The van der Waals surface area contributed by atoms with E-state index < -0.39 is 0 Å². The van der Waals surface area contributed by atoms with Gasteiger partial charge in [0.2, 0.25) is 5.91 Å². The van der Waals surface area contributed by atoms with E-state index in [0.29, 0.717) is 24.5 Å². The minimum atomic E-state index is 0.180. The first kappa shape index (κ1) is 19.0. The number of halogens is 1. The van der Waals surface area contributed by atoms with Crippen molar-refractivity contribution < 1.29 is 9.53 Å². The van der Waals surface area contributed by atoms with E-state index in [4.69, 9.17) is 21.3 Å². The zero-order valence-corrected chi connectivity index (χ0v) is 17.5. The van der Waals surface area contributed by atoms with Crippen molar-refractivity contribution in [3.8, 4) is 5.75 Å². The lowest BCUT2D eigenvalue weighted by Gasteiger charge is -2.34. The molecule has 0 aliphatic carbocycles. The average molecular weight is 416 g/mol. The number of ether oxygens (including phenoxy) is 1. The predicted molar refractivity (Wildman–Crippen MR) is 115 cm³/mol. The summed E-state index contributed by atoms with van der Waals surface area (Å²) in [6.07, 6.45) is 0.454. The molecule has 0 spiro atoms. The van der Waals surface area contributed by atoms with E-state index in [-0.39, 0.29) is 5.91 Å². The third-order valence-corrected chi connectivity index (χ3v) is 6.58. The zero-order chi connectivity index (χ0) is 19.7. The monoisotopic (exact) mass is 415 g/mol. The second-order valence-electron chi connectivity index (χ2n) is 6.96. The number of amides is 1. The number of aryl methyl sites for hydroxylation is 1. The molecule has 0 unspecified atom stereocenters. The molecule has 2 heterocycles. The van der Waals surface area contributed by atoms with Crippen LogP contribution in [0.2, 0.25) is 5.02 Å². The summed E-state index contributed by atoms with van der Waals surface area (Å²) in [5, 5.41) is 1.61. The van der Waals surface area contributed by atoms with Crippen molar-refractivity contribution in [2.75, 3.05) is 38.2 Å². The van der Waals surface area contributed by atoms with Crippen LogP contribution in [0.3, 0.4) is 0 Å². The first-order chi connectivity index (χ1) is 13.5. The molecule has 146 valence electrons. The van der Waals surface area contributed by atoms with Gasteiger partial charge in [0.25, 0.3) is 0 Å². The van der Waals surface area contributed by atoms with Crippen molar-refractivity contribution in [3.63, 3.8) is 0 Å². The molecule has 5 nitrogen and oxygen atoms in total. The van der Waals surface area contributed by atoms with Gasteiger partial charge >= 0.3 is 0 Å². The van der Waals surface area contributed by atoms with Crippen LogP contribution in [-0.2, 0) is 11.2 Å². The summed E-state index contributed by atoms with van der Waals surface area (Å²) >= 11 is 7.91. The van der Waals surface area contributed by atoms with Crippen LogP contribution in [0.25, 0.3) is 10.2 Å². The standard InChI is InChI=1S/C21H22ClN3O2S/c1-14-4-3-5-15(12-14)13-18(26)24-8-10-25(11-9-24)21-23-19-17(27-2)7-6-16(22)20(19)28-21/h3-7,12H,8-11,13H2,1-2H3. The SMILES string of the molecule is COc1ccc(Cl)c2sc(N3CCN(C(=O)Cc4cccc(C)c4)CC3)nc12. The van der Waals surface area contributed by atoms with Gasteiger partial charge in [-0.05, 0) is 24.6 Å². The second-order valence-corrected chi connectivity index (χ2v) is 8.34. The van der Waals surface area contributed by atoms with Crippen LogP contribution >= 0.6 is 22.9 Å². The summed E-state index contributed by atoms with van der Waals surface area (Å²) in [6, 6.07) is 11.8. The molecule has 3 aromatic rings. The van der Waals surface area contributed by atoms with E-state index in [1.54, 1.807) is 18.4 Å². The van der Waals surface area contributed by atoms with Gasteiger partial charge in [0.1, 0.15) is 11.3 Å². The van der Waals surface area contributed by atoms with Gasteiger partial charge < -0.3 is 14.5 Å². The highest BCUT2D eigenvalue weighted by atomic mass is 35.5. The van der Waals surface area contributed by atoms with Crippen LogP contribution in [0.4, 0.5) is 5.13 Å². The molecule has 0 radical (unpaired) electrons. The molecular formula is C21H22ClN3O2S. The molecule has 28 heavy (non-hydrogen) atoms. The van der Waals surface area contributed by atoms with E-state index in [0.717, 1.165) is 39.8 Å². The maximum atomic E-state index is 12.7. The molecule has 0 N–H and O–H groups in total. The van der Waals surface area contributed by atoms with Crippen molar-refractivity contribution >= 4 is 44.2 Å². The summed E-state index contributed by atoms with van der Waals surface area (Å²) < 4.78 is 6.35. The Hall–Kier alpha value is -2.31. The number of carbonyl (C=O) groups excluding carboxylic acids is 1. The van der Waals surface area contributed by atoms with Gasteiger partial charge in [-0.15, -0.1) is 0 Å². The highest BCUT2D eigenvalue weighted by Crippen LogP contribution is 2.38. The van der Waals surface area contributed by atoms with Crippen molar-refractivity contribution in [3.05, 3.63) is 52.5 Å². The molecule has 1 amide bonds. The largest absolute Gasteiger partial charge is 0.494 e. The molecule has 7 heteroatoms. The lowest BCUT2D eigenvalue weighted by Crippen LogP contribution is -2.49. The highest BCUT2D eigenvalue weighted by Gasteiger charge is 2.24. The molecule has 0 bridgehead atoms. The van der Waals surface area contributed by atoms with Crippen LogP contribution in [0.5, 0.6) is 5.75 Å². The number of hydrogen-bond donors (Lipinski definition) is 0. The lowest BCUT2D eigenvalue weighted by atomic mass is 10.1. The molecule has 1 fully saturated rings. The molecule has 1 aliphatic rings. The predicted octanol–water partition coefficient (Wildman–Crippen LogP) is 4.16. The Labute approximate surface area is 173 Å². The number of aromatic nitrogens is 1. The molecule has 1 saturated heterocycles. The van der Waals surface area contributed by atoms with Crippen LogP contribution < -0.4 is 9.64 Å². The van der Waals surface area contributed by atoms with E-state index in [9.17, 15) is 4.79 Å². The first-order valence-electron chi connectivity index (χ1n) is 9.26. The summed E-state index contributed by atoms with van der Waals surface area (Å²) in [5.41, 5.74) is 3.05. The number of thiazole rings is 1. The Morgan fingerprint density at radius 3 is 2.71 bits per heavy atom. The minimum absolute atomic E-state index is 0.180. The molecule has 4 rings (SSSR count). The van der Waals surface area contributed by atoms with E-state index >= 15 is 0 Å². The van der Waals surface area contributed by atoms with Crippen molar-refractivity contribution in [2.24, 2.45) is 0 Å². The number of fused-ring (bicyclic) bond motifs is 1. The smallest absolute Gasteiger partial charge is 0.227 e. The average Bonchev–Trinajstić information content (AvgIpc) is 3.15. The summed E-state index contributed by atoms with van der Waals surface area (Å²) in [5.74, 6) is 0.910. The van der Waals surface area contributed by atoms with E-state index in [2.05, 4.69) is 11.0 Å². The molecular weight excluding hydrogens is 394 g/mol. The number of hydrogen-bond acceptors (Lipinski definition) is 5. The fourth-order valence-electron chi connectivity index (χ4n) is 3.50. The highest BCUT2D eigenvalue weighted by molar-refractivity contribution is 7.22. The number of piperazine rings is 1. The first-order valence-corrected chi connectivity index (χ1v) is 10.5. The zero-order valence-electron chi connectivity index (χ0n) is 15.9.